The van der Waals surface area contributed by atoms with Crippen molar-refractivity contribution in [3.8, 4) is 0 Å². The lowest BCUT2D eigenvalue weighted by atomic mass is 10.2. The first-order valence-corrected chi connectivity index (χ1v) is 8.43. The van der Waals surface area contributed by atoms with E-state index in [4.69, 9.17) is 17.4 Å². The summed E-state index contributed by atoms with van der Waals surface area (Å²) in [5, 5.41) is 0.226. The van der Waals surface area contributed by atoms with Crippen LogP contribution >= 0.6 is 11.6 Å². The van der Waals surface area contributed by atoms with Gasteiger partial charge in [0.2, 0.25) is 10.0 Å². The van der Waals surface area contributed by atoms with Crippen molar-refractivity contribution in [1.29, 1.82) is 0 Å². The summed E-state index contributed by atoms with van der Waals surface area (Å²) >= 11 is 5.98. The number of halogens is 1. The van der Waals surface area contributed by atoms with Crippen LogP contribution in [0, 0.1) is 0 Å². The lowest BCUT2D eigenvalue weighted by Gasteiger charge is -2.33. The van der Waals surface area contributed by atoms with Gasteiger partial charge in [-0.15, -0.1) is 0 Å². The van der Waals surface area contributed by atoms with Crippen LogP contribution in [0.3, 0.4) is 0 Å². The van der Waals surface area contributed by atoms with E-state index in [1.807, 2.05) is 0 Å². The van der Waals surface area contributed by atoms with Crippen LogP contribution in [0.4, 0.5) is 5.82 Å². The van der Waals surface area contributed by atoms with Crippen LogP contribution < -0.4 is 11.3 Å². The minimum Gasteiger partial charge on any atom is -0.335 e. The molecular weight excluding hydrogens is 318 g/mol. The molecule has 0 spiro atoms. The van der Waals surface area contributed by atoms with Gasteiger partial charge in [-0.25, -0.2) is 19.2 Å². The minimum absolute atomic E-state index is 0.0972. The highest BCUT2D eigenvalue weighted by Gasteiger charge is 2.28. The lowest BCUT2D eigenvalue weighted by Crippen LogP contribution is -2.50. The summed E-state index contributed by atoms with van der Waals surface area (Å²) in [4.78, 5) is 18.0. The summed E-state index contributed by atoms with van der Waals surface area (Å²) in [6, 6.07) is 3.09. The maximum atomic E-state index is 12.4. The number of nitrogen functional groups attached to an aromatic ring is 1. The maximum absolute atomic E-state index is 12.4. The summed E-state index contributed by atoms with van der Waals surface area (Å²) in [7, 11) is -3.23. The molecule has 116 valence electrons. The van der Waals surface area contributed by atoms with Crippen molar-refractivity contribution in [2.24, 2.45) is 5.84 Å². The fourth-order valence-electron chi connectivity index (χ4n) is 2.05. The highest BCUT2D eigenvalue weighted by Crippen LogP contribution is 2.19. The summed E-state index contributed by atoms with van der Waals surface area (Å²) in [5.41, 5.74) is 2.45. The molecule has 1 aromatic heterocycles. The molecule has 1 fully saturated rings. The van der Waals surface area contributed by atoms with Crippen LogP contribution in [0.25, 0.3) is 0 Å². The molecule has 0 atom stereocenters. The molecule has 0 radical (unpaired) electrons. The Labute approximate surface area is 127 Å². The zero-order valence-electron chi connectivity index (χ0n) is 11.4. The van der Waals surface area contributed by atoms with Gasteiger partial charge in [-0.1, -0.05) is 11.6 Å². The monoisotopic (exact) mass is 333 g/mol. The number of hydrogen-bond donors (Lipinski definition) is 2. The first-order valence-electron chi connectivity index (χ1n) is 6.20. The van der Waals surface area contributed by atoms with Gasteiger partial charge in [0, 0.05) is 26.2 Å². The van der Waals surface area contributed by atoms with Crippen LogP contribution in [0.5, 0.6) is 0 Å². The van der Waals surface area contributed by atoms with Crippen LogP contribution in [-0.2, 0) is 10.0 Å². The van der Waals surface area contributed by atoms with Crippen molar-refractivity contribution in [2.45, 2.75) is 0 Å². The number of hydrogen-bond acceptors (Lipinski definition) is 6. The molecule has 1 saturated heterocycles. The third-order valence-corrected chi connectivity index (χ3v) is 4.80. The van der Waals surface area contributed by atoms with Crippen LogP contribution in [0.2, 0.25) is 5.02 Å². The van der Waals surface area contributed by atoms with Crippen LogP contribution in [0.15, 0.2) is 12.1 Å². The summed E-state index contributed by atoms with van der Waals surface area (Å²) in [6.45, 7) is 1.11. The van der Waals surface area contributed by atoms with E-state index in [1.165, 1.54) is 15.3 Å². The largest absolute Gasteiger partial charge is 0.335 e. The Morgan fingerprint density at radius 3 is 2.48 bits per heavy atom. The van der Waals surface area contributed by atoms with Crippen LogP contribution in [-0.4, -0.2) is 60.9 Å². The average Bonchev–Trinajstić information content (AvgIpc) is 2.46. The number of nitrogens with zero attached hydrogens (tertiary/aromatic N) is 3. The Morgan fingerprint density at radius 1 is 1.33 bits per heavy atom. The summed E-state index contributed by atoms with van der Waals surface area (Å²) in [5.74, 6) is 5.25. The van der Waals surface area contributed by atoms with Gasteiger partial charge in [0.25, 0.3) is 5.91 Å². The van der Waals surface area contributed by atoms with Gasteiger partial charge in [0.05, 0.1) is 11.3 Å². The molecule has 0 bridgehead atoms. The maximum Gasteiger partial charge on any atom is 0.274 e. The Hall–Kier alpha value is -1.42. The summed E-state index contributed by atoms with van der Waals surface area (Å²) < 4.78 is 24.2. The molecule has 1 aromatic rings. The normalized spacial score (nSPS) is 16.8. The van der Waals surface area contributed by atoms with E-state index in [2.05, 4.69) is 10.4 Å². The van der Waals surface area contributed by atoms with E-state index in [-0.39, 0.29) is 29.7 Å². The number of piperazine rings is 1. The van der Waals surface area contributed by atoms with Gasteiger partial charge in [-0.2, -0.15) is 4.31 Å². The molecule has 1 aliphatic heterocycles. The Balaban J connectivity index is 2.12. The number of nitrogens with one attached hydrogen (secondary N) is 1. The molecule has 0 aromatic carbocycles. The van der Waals surface area contributed by atoms with E-state index in [0.717, 1.165) is 6.26 Å². The number of carbonyl (C=O) groups is 1. The topological polar surface area (TPSA) is 109 Å². The Morgan fingerprint density at radius 2 is 1.95 bits per heavy atom. The quantitative estimate of drug-likeness (QED) is 0.582. The van der Waals surface area contributed by atoms with Crippen molar-refractivity contribution >= 4 is 33.3 Å². The van der Waals surface area contributed by atoms with Gasteiger partial charge in [0.15, 0.2) is 0 Å². The van der Waals surface area contributed by atoms with E-state index in [1.54, 1.807) is 6.07 Å². The van der Waals surface area contributed by atoms with Crippen molar-refractivity contribution in [3.63, 3.8) is 0 Å². The predicted molar refractivity (Wildman–Crippen MR) is 79.4 cm³/mol. The molecule has 2 heterocycles. The van der Waals surface area contributed by atoms with Crippen molar-refractivity contribution in [1.82, 2.24) is 14.2 Å². The number of hydrazine groups is 1. The number of rotatable bonds is 3. The van der Waals surface area contributed by atoms with E-state index in [9.17, 15) is 13.2 Å². The molecule has 3 N–H and O–H groups in total. The zero-order valence-corrected chi connectivity index (χ0v) is 13.0. The smallest absolute Gasteiger partial charge is 0.274 e. The highest BCUT2D eigenvalue weighted by molar-refractivity contribution is 7.88. The molecule has 1 aliphatic rings. The number of aromatic nitrogens is 1. The second-order valence-electron chi connectivity index (χ2n) is 4.63. The number of nitrogens with two attached hydrogens (primary N) is 1. The third kappa shape index (κ3) is 3.62. The lowest BCUT2D eigenvalue weighted by molar-refractivity contribution is 0.0692. The summed E-state index contributed by atoms with van der Waals surface area (Å²) in [6.07, 6.45) is 1.15. The first kappa shape index (κ1) is 16.0. The number of sulfonamides is 1. The average molecular weight is 334 g/mol. The van der Waals surface area contributed by atoms with Gasteiger partial charge >= 0.3 is 0 Å². The number of amides is 1. The van der Waals surface area contributed by atoms with E-state index in [0.29, 0.717) is 18.9 Å². The first-order chi connectivity index (χ1) is 9.82. The molecule has 10 heteroatoms. The van der Waals surface area contributed by atoms with Gasteiger partial charge < -0.3 is 10.3 Å². The second kappa shape index (κ2) is 6.14. The van der Waals surface area contributed by atoms with Gasteiger partial charge in [-0.3, -0.25) is 4.79 Å². The molecule has 2 rings (SSSR count). The standard InChI is InChI=1S/C11H16ClN5O3S/c1-21(19,20)17-6-4-16(5-7-17)11(18)10-8(12)2-3-9(14-10)15-13/h2-3H,4-7,13H2,1H3,(H,14,15). The molecule has 21 heavy (non-hydrogen) atoms. The molecule has 0 unspecified atom stereocenters. The fraction of sp³-hybridized carbons (Fsp3) is 0.455. The van der Waals surface area contributed by atoms with E-state index >= 15 is 0 Å². The van der Waals surface area contributed by atoms with Gasteiger partial charge in [0.1, 0.15) is 11.5 Å². The number of pyridine rings is 1. The Kier molecular flexibility index (Phi) is 4.67. The molecule has 0 saturated carbocycles. The minimum atomic E-state index is -3.23. The van der Waals surface area contributed by atoms with E-state index < -0.39 is 10.0 Å². The zero-order chi connectivity index (χ0) is 15.6. The molecule has 0 aliphatic carbocycles. The van der Waals surface area contributed by atoms with Gasteiger partial charge in [-0.05, 0) is 12.1 Å². The molecular formula is C11H16ClN5O3S. The SMILES string of the molecule is CS(=O)(=O)N1CCN(C(=O)c2nc(NN)ccc2Cl)CC1. The fourth-order valence-corrected chi connectivity index (χ4v) is 3.06. The highest BCUT2D eigenvalue weighted by atomic mass is 35.5. The number of anilines is 1. The van der Waals surface area contributed by atoms with Crippen molar-refractivity contribution < 1.29 is 13.2 Å². The van der Waals surface area contributed by atoms with Crippen molar-refractivity contribution in [3.05, 3.63) is 22.8 Å². The molecule has 1 amide bonds. The van der Waals surface area contributed by atoms with Crippen molar-refractivity contribution in [2.75, 3.05) is 37.9 Å². The number of carbonyl (C=O) groups excluding carboxylic acids is 1. The second-order valence-corrected chi connectivity index (χ2v) is 7.02. The van der Waals surface area contributed by atoms with Crippen LogP contribution in [0.1, 0.15) is 10.5 Å². The predicted octanol–water partition coefficient (Wildman–Crippen LogP) is -0.262. The Bertz CT molecular complexity index is 643. The third-order valence-electron chi connectivity index (χ3n) is 3.19. The molecule has 8 nitrogen and oxygen atoms in total.